The lowest BCUT2D eigenvalue weighted by Gasteiger charge is -2.21. The number of benzene rings is 1. The molecule has 0 spiro atoms. The van der Waals surface area contributed by atoms with Crippen LogP contribution in [-0.4, -0.2) is 64.5 Å². The highest BCUT2D eigenvalue weighted by Crippen LogP contribution is 2.11. The summed E-state index contributed by atoms with van der Waals surface area (Å²) in [4.78, 5) is 58.3. The third-order valence-corrected chi connectivity index (χ3v) is 4.22. The number of nitrogens with one attached hydrogen (secondary N) is 3. The normalized spacial score (nSPS) is 13.4. The van der Waals surface area contributed by atoms with Crippen LogP contribution >= 0.6 is 0 Å². The van der Waals surface area contributed by atoms with Crippen LogP contribution < -0.4 is 27.4 Å². The van der Waals surface area contributed by atoms with Gasteiger partial charge < -0.3 is 37.6 Å². The van der Waals surface area contributed by atoms with Crippen LogP contribution in [0.25, 0.3) is 0 Å². The molecular formula is C19H27N5O7. The predicted octanol–water partition coefficient (Wildman–Crippen LogP) is -2.28. The number of amides is 4. The highest BCUT2D eigenvalue weighted by atomic mass is 16.4. The largest absolute Gasteiger partial charge is 0.508 e. The zero-order valence-corrected chi connectivity index (χ0v) is 17.0. The van der Waals surface area contributed by atoms with Crippen LogP contribution in [0.4, 0.5) is 0 Å². The molecule has 3 atom stereocenters. The Morgan fingerprint density at radius 2 is 1.65 bits per heavy atom. The smallest absolute Gasteiger partial charge is 0.325 e. The summed E-state index contributed by atoms with van der Waals surface area (Å²) < 4.78 is 0. The first kappa shape index (κ1) is 25.4. The Morgan fingerprint density at radius 1 is 1.03 bits per heavy atom. The highest BCUT2D eigenvalue weighted by molar-refractivity contribution is 5.92. The van der Waals surface area contributed by atoms with Crippen molar-refractivity contribution in [3.63, 3.8) is 0 Å². The lowest BCUT2D eigenvalue weighted by Crippen LogP contribution is -2.54. The van der Waals surface area contributed by atoms with Crippen molar-refractivity contribution in [2.24, 2.45) is 11.5 Å². The number of aromatic hydroxyl groups is 1. The first-order chi connectivity index (χ1) is 14.5. The Kier molecular flexibility index (Phi) is 9.92. The van der Waals surface area contributed by atoms with E-state index < -0.39 is 54.3 Å². The van der Waals surface area contributed by atoms with Crippen molar-refractivity contribution < 1.29 is 34.2 Å². The Hall–Kier alpha value is -3.67. The van der Waals surface area contributed by atoms with Crippen molar-refractivity contribution in [2.75, 3.05) is 6.54 Å². The van der Waals surface area contributed by atoms with Gasteiger partial charge in [-0.15, -0.1) is 0 Å². The maximum atomic E-state index is 12.6. The van der Waals surface area contributed by atoms with Crippen molar-refractivity contribution in [3.8, 4) is 5.75 Å². The number of carbonyl (C=O) groups is 5. The van der Waals surface area contributed by atoms with Gasteiger partial charge in [0.05, 0.1) is 12.6 Å². The lowest BCUT2D eigenvalue weighted by molar-refractivity contribution is -0.141. The van der Waals surface area contributed by atoms with Crippen LogP contribution in [0.3, 0.4) is 0 Å². The van der Waals surface area contributed by atoms with E-state index in [-0.39, 0.29) is 25.0 Å². The molecule has 0 aliphatic carbocycles. The average Bonchev–Trinajstić information content (AvgIpc) is 2.70. The van der Waals surface area contributed by atoms with Gasteiger partial charge in [0.25, 0.3) is 0 Å². The molecule has 0 fully saturated rings. The summed E-state index contributed by atoms with van der Waals surface area (Å²) in [5.74, 6) is -3.96. The zero-order valence-electron chi connectivity index (χ0n) is 17.0. The fraction of sp³-hybridized carbons (Fsp3) is 0.421. The van der Waals surface area contributed by atoms with E-state index >= 15 is 0 Å². The van der Waals surface area contributed by atoms with Crippen molar-refractivity contribution in [3.05, 3.63) is 29.8 Å². The van der Waals surface area contributed by atoms with E-state index in [9.17, 15) is 29.1 Å². The standard InChI is InChI=1S/C19H27N5O7/c1-10(19(30)31)23-16(27)9-22-18(29)14(8-11-2-4-12(25)5-3-11)24-17(28)13(20)6-7-15(21)26/h2-5,10,13-14,25H,6-9,20H2,1H3,(H2,21,26)(H,22,29)(H,23,27)(H,24,28)(H,30,31). The third kappa shape index (κ3) is 9.58. The van der Waals surface area contributed by atoms with Gasteiger partial charge in [-0.1, -0.05) is 12.1 Å². The number of hydrogen-bond acceptors (Lipinski definition) is 7. The highest BCUT2D eigenvalue weighted by Gasteiger charge is 2.25. The Morgan fingerprint density at radius 3 is 2.19 bits per heavy atom. The quantitative estimate of drug-likeness (QED) is 0.189. The summed E-state index contributed by atoms with van der Waals surface area (Å²) in [6, 6.07) is 2.58. The SMILES string of the molecule is CC(NC(=O)CNC(=O)C(Cc1ccc(O)cc1)NC(=O)C(N)CCC(N)=O)C(=O)O. The minimum atomic E-state index is -1.23. The number of phenolic OH excluding ortho intramolecular Hbond substituents is 1. The number of primary amides is 1. The van der Waals surface area contributed by atoms with Gasteiger partial charge in [-0.25, -0.2) is 0 Å². The van der Waals surface area contributed by atoms with Gasteiger partial charge >= 0.3 is 5.97 Å². The molecule has 0 heterocycles. The second-order valence-electron chi connectivity index (χ2n) is 6.89. The molecule has 1 aromatic rings. The molecule has 4 amide bonds. The van der Waals surface area contributed by atoms with E-state index in [4.69, 9.17) is 16.6 Å². The minimum Gasteiger partial charge on any atom is -0.508 e. The van der Waals surface area contributed by atoms with E-state index in [0.29, 0.717) is 5.56 Å². The number of phenols is 1. The third-order valence-electron chi connectivity index (χ3n) is 4.22. The van der Waals surface area contributed by atoms with Crippen molar-refractivity contribution >= 4 is 29.6 Å². The van der Waals surface area contributed by atoms with Gasteiger partial charge in [0.15, 0.2) is 0 Å². The molecule has 9 N–H and O–H groups in total. The van der Waals surface area contributed by atoms with E-state index in [2.05, 4.69) is 16.0 Å². The molecule has 3 unspecified atom stereocenters. The van der Waals surface area contributed by atoms with E-state index in [1.54, 1.807) is 12.1 Å². The summed E-state index contributed by atoms with van der Waals surface area (Å²) in [5.41, 5.74) is 11.4. The molecular weight excluding hydrogens is 410 g/mol. The number of carbonyl (C=O) groups excluding carboxylic acids is 4. The van der Waals surface area contributed by atoms with Gasteiger partial charge in [0, 0.05) is 12.8 Å². The molecule has 12 nitrogen and oxygen atoms in total. The van der Waals surface area contributed by atoms with Gasteiger partial charge in [0.2, 0.25) is 23.6 Å². The molecule has 31 heavy (non-hydrogen) atoms. The van der Waals surface area contributed by atoms with Crippen LogP contribution in [0, 0.1) is 0 Å². The number of hydrogen-bond donors (Lipinski definition) is 7. The van der Waals surface area contributed by atoms with E-state index in [1.165, 1.54) is 19.1 Å². The fourth-order valence-electron chi connectivity index (χ4n) is 2.43. The monoisotopic (exact) mass is 437 g/mol. The summed E-state index contributed by atoms with van der Waals surface area (Å²) in [6.07, 6.45) is -0.0942. The molecule has 0 saturated carbocycles. The number of aliphatic carboxylic acids is 1. The zero-order chi connectivity index (χ0) is 23.6. The molecule has 0 bridgehead atoms. The molecule has 12 heteroatoms. The first-order valence-electron chi connectivity index (χ1n) is 9.41. The summed E-state index contributed by atoms with van der Waals surface area (Å²) in [5, 5.41) is 25.2. The Bertz CT molecular complexity index is 812. The van der Waals surface area contributed by atoms with Crippen LogP contribution in [-0.2, 0) is 30.4 Å². The molecule has 0 aliphatic rings. The number of nitrogens with two attached hydrogens (primary N) is 2. The molecule has 1 rings (SSSR count). The fourth-order valence-corrected chi connectivity index (χ4v) is 2.43. The lowest BCUT2D eigenvalue weighted by atomic mass is 10.0. The van der Waals surface area contributed by atoms with Gasteiger partial charge in [-0.2, -0.15) is 0 Å². The number of carboxylic acids is 1. The molecule has 0 aliphatic heterocycles. The van der Waals surface area contributed by atoms with Crippen molar-refractivity contribution in [1.82, 2.24) is 16.0 Å². The Balaban J connectivity index is 2.80. The van der Waals surface area contributed by atoms with Gasteiger partial charge in [-0.3, -0.25) is 24.0 Å². The predicted molar refractivity (Wildman–Crippen MR) is 108 cm³/mol. The minimum absolute atomic E-state index is 0.00972. The Labute approximate surface area is 178 Å². The second-order valence-corrected chi connectivity index (χ2v) is 6.89. The molecule has 170 valence electrons. The molecule has 0 saturated heterocycles. The van der Waals surface area contributed by atoms with E-state index in [1.807, 2.05) is 0 Å². The summed E-state index contributed by atoms with van der Waals surface area (Å²) >= 11 is 0. The van der Waals surface area contributed by atoms with Crippen LogP contribution in [0.15, 0.2) is 24.3 Å². The summed E-state index contributed by atoms with van der Waals surface area (Å²) in [7, 11) is 0. The van der Waals surface area contributed by atoms with E-state index in [0.717, 1.165) is 0 Å². The van der Waals surface area contributed by atoms with Crippen LogP contribution in [0.5, 0.6) is 5.75 Å². The van der Waals surface area contributed by atoms with Crippen molar-refractivity contribution in [2.45, 2.75) is 44.3 Å². The maximum Gasteiger partial charge on any atom is 0.325 e. The van der Waals surface area contributed by atoms with Crippen LogP contribution in [0.1, 0.15) is 25.3 Å². The average molecular weight is 437 g/mol. The maximum absolute atomic E-state index is 12.6. The molecule has 0 aromatic heterocycles. The number of rotatable bonds is 12. The van der Waals surface area contributed by atoms with Gasteiger partial charge in [-0.05, 0) is 31.0 Å². The summed E-state index contributed by atoms with van der Waals surface area (Å²) in [6.45, 7) is 0.759. The second kappa shape index (κ2) is 12.1. The first-order valence-corrected chi connectivity index (χ1v) is 9.41. The van der Waals surface area contributed by atoms with Crippen molar-refractivity contribution in [1.29, 1.82) is 0 Å². The molecule has 0 radical (unpaired) electrons. The van der Waals surface area contributed by atoms with Crippen LogP contribution in [0.2, 0.25) is 0 Å². The topological polar surface area (TPSA) is 214 Å². The van der Waals surface area contributed by atoms with Gasteiger partial charge in [0.1, 0.15) is 17.8 Å². The molecule has 1 aromatic carbocycles. The number of carboxylic acid groups (broad SMARTS) is 1.